The summed E-state index contributed by atoms with van der Waals surface area (Å²) in [6.07, 6.45) is 3.29. The van der Waals surface area contributed by atoms with Gasteiger partial charge in [-0.3, -0.25) is 0 Å². The van der Waals surface area contributed by atoms with Crippen molar-refractivity contribution < 1.29 is 4.74 Å². The first-order chi connectivity index (χ1) is 4.34. The first-order valence-corrected chi connectivity index (χ1v) is 4.10. The fraction of sp³-hybridized carbons (Fsp3) is 0.200. The Kier molecular flexibility index (Phi) is 2.27. The van der Waals surface area contributed by atoms with Gasteiger partial charge in [0.15, 0.2) is 0 Å². The standard InChI is InChI=1S/C5H5N2O.Sn.H/c1-8-5-4-6-2-3-7-5;;/h2-3H,1H3;;. The van der Waals surface area contributed by atoms with E-state index in [1.807, 2.05) is 0 Å². The van der Waals surface area contributed by atoms with Crippen molar-refractivity contribution in [3.63, 3.8) is 0 Å². The average molecular weight is 229 g/mol. The molecule has 0 atom stereocenters. The average Bonchev–Trinajstić information content (AvgIpc) is 1.89. The second-order valence-corrected chi connectivity index (χ2v) is 3.01. The zero-order valence-corrected chi connectivity index (χ0v) is 8.33. The third kappa shape index (κ3) is 1.54. The van der Waals surface area contributed by atoms with Crippen molar-refractivity contribution in [2.75, 3.05) is 7.11 Å². The molecule has 0 spiro atoms. The monoisotopic (exact) mass is 230 g/mol. The van der Waals surface area contributed by atoms with Crippen LogP contribution in [0.25, 0.3) is 0 Å². The Hall–Kier alpha value is -0.321. The number of ether oxygens (including phenoxy) is 1. The van der Waals surface area contributed by atoms with Crippen molar-refractivity contribution in [3.8, 4) is 5.88 Å². The Labute approximate surface area is 66.6 Å². The van der Waals surface area contributed by atoms with Crippen LogP contribution in [0.4, 0.5) is 0 Å². The van der Waals surface area contributed by atoms with Crippen molar-refractivity contribution >= 4 is 26.2 Å². The molecule has 0 aliphatic heterocycles. The predicted molar refractivity (Wildman–Crippen MR) is 35.4 cm³/mol. The van der Waals surface area contributed by atoms with Gasteiger partial charge in [-0.2, -0.15) is 0 Å². The van der Waals surface area contributed by atoms with Gasteiger partial charge >= 0.3 is 66.3 Å². The topological polar surface area (TPSA) is 35.0 Å². The van der Waals surface area contributed by atoms with Crippen molar-refractivity contribution in [1.29, 1.82) is 0 Å². The van der Waals surface area contributed by atoms with Gasteiger partial charge in [0.05, 0.1) is 0 Å². The normalized spacial score (nSPS) is 9.11. The number of aromatic nitrogens is 2. The quantitative estimate of drug-likeness (QED) is 0.580. The molecule has 46 valence electrons. The van der Waals surface area contributed by atoms with Crippen LogP contribution in [-0.4, -0.2) is 39.6 Å². The summed E-state index contributed by atoms with van der Waals surface area (Å²) in [6, 6.07) is 0. The van der Waals surface area contributed by atoms with Crippen LogP contribution in [0, 0.1) is 0 Å². The SMILES string of the molecule is COc1nccn[c]1[SnH]. The molecule has 3 nitrogen and oxygen atoms in total. The van der Waals surface area contributed by atoms with Gasteiger partial charge in [0.1, 0.15) is 0 Å². The van der Waals surface area contributed by atoms with Crippen molar-refractivity contribution in [2.24, 2.45) is 0 Å². The first kappa shape index (κ1) is 6.79. The molecule has 2 radical (unpaired) electrons. The third-order valence-corrected chi connectivity index (χ3v) is 2.01. The molecule has 0 fully saturated rings. The molecule has 0 saturated carbocycles. The van der Waals surface area contributed by atoms with E-state index in [0.717, 1.165) is 26.2 Å². The van der Waals surface area contributed by atoms with E-state index in [0.29, 0.717) is 5.88 Å². The zero-order valence-electron chi connectivity index (χ0n) is 5.03. The minimum absolute atomic E-state index is 0.653. The van der Waals surface area contributed by atoms with E-state index < -0.39 is 0 Å². The van der Waals surface area contributed by atoms with E-state index in [4.69, 9.17) is 4.74 Å². The molecule has 0 aromatic carbocycles. The third-order valence-electron chi connectivity index (χ3n) is 0.885. The molecule has 0 aliphatic carbocycles. The molecular formula is C5H6N2OSn. The molecule has 0 saturated heterocycles. The number of methoxy groups -OCH3 is 1. The number of rotatable bonds is 1. The van der Waals surface area contributed by atoms with Crippen molar-refractivity contribution in [1.82, 2.24) is 9.97 Å². The van der Waals surface area contributed by atoms with E-state index in [2.05, 4.69) is 9.97 Å². The summed E-state index contributed by atoms with van der Waals surface area (Å²) in [5.41, 5.74) is 0. The molecule has 1 aromatic heterocycles. The van der Waals surface area contributed by atoms with E-state index in [-0.39, 0.29) is 0 Å². The Morgan fingerprint density at radius 1 is 1.44 bits per heavy atom. The maximum absolute atomic E-state index is 4.90. The summed E-state index contributed by atoms with van der Waals surface area (Å²) < 4.78 is 5.85. The molecule has 1 heterocycles. The summed E-state index contributed by atoms with van der Waals surface area (Å²) in [4.78, 5) is 7.96. The van der Waals surface area contributed by atoms with Gasteiger partial charge in [0.25, 0.3) is 0 Å². The molecule has 9 heavy (non-hydrogen) atoms. The van der Waals surface area contributed by atoms with Gasteiger partial charge in [0.2, 0.25) is 0 Å². The molecule has 0 N–H and O–H groups in total. The Morgan fingerprint density at radius 2 is 2.11 bits per heavy atom. The summed E-state index contributed by atoms with van der Waals surface area (Å²) in [6.45, 7) is 0. The maximum atomic E-state index is 4.90. The summed E-state index contributed by atoms with van der Waals surface area (Å²) in [5.74, 6) is 0.653. The van der Waals surface area contributed by atoms with E-state index in [9.17, 15) is 0 Å². The molecule has 0 unspecified atom stereocenters. The summed E-state index contributed by atoms with van der Waals surface area (Å²) in [5, 5.41) is 0. The number of hydrogen-bond donors (Lipinski definition) is 0. The molecule has 0 bridgehead atoms. The van der Waals surface area contributed by atoms with Crippen LogP contribution >= 0.6 is 0 Å². The van der Waals surface area contributed by atoms with E-state index in [1.54, 1.807) is 19.5 Å². The molecule has 1 aromatic rings. The molecule has 4 heteroatoms. The second kappa shape index (κ2) is 3.00. The van der Waals surface area contributed by atoms with Crippen LogP contribution < -0.4 is 8.45 Å². The molecule has 1 rings (SSSR count). The van der Waals surface area contributed by atoms with Crippen LogP contribution in [-0.2, 0) is 0 Å². The summed E-state index contributed by atoms with van der Waals surface area (Å²) in [7, 11) is 1.60. The first-order valence-electron chi connectivity index (χ1n) is 2.45. The Morgan fingerprint density at radius 3 is 2.56 bits per heavy atom. The number of hydrogen-bond acceptors (Lipinski definition) is 3. The molecule has 0 amide bonds. The van der Waals surface area contributed by atoms with Gasteiger partial charge in [-0.25, -0.2) is 0 Å². The van der Waals surface area contributed by atoms with Crippen LogP contribution in [0.2, 0.25) is 0 Å². The minimum atomic E-state index is 0.653. The van der Waals surface area contributed by atoms with Gasteiger partial charge < -0.3 is 0 Å². The molecular weight excluding hydrogens is 223 g/mol. The number of nitrogens with zero attached hydrogens (tertiary/aromatic N) is 2. The van der Waals surface area contributed by atoms with Gasteiger partial charge in [-0.1, -0.05) is 0 Å². The van der Waals surface area contributed by atoms with Crippen molar-refractivity contribution in [2.45, 2.75) is 0 Å². The van der Waals surface area contributed by atoms with E-state index in [1.165, 1.54) is 0 Å². The second-order valence-electron chi connectivity index (χ2n) is 1.45. The van der Waals surface area contributed by atoms with Crippen LogP contribution in [0.1, 0.15) is 0 Å². The van der Waals surface area contributed by atoms with Gasteiger partial charge in [-0.05, 0) is 0 Å². The fourth-order valence-electron chi connectivity index (χ4n) is 0.493. The molecule has 0 aliphatic rings. The predicted octanol–water partition coefficient (Wildman–Crippen LogP) is -0.989. The van der Waals surface area contributed by atoms with Crippen LogP contribution in [0.5, 0.6) is 5.88 Å². The van der Waals surface area contributed by atoms with Crippen LogP contribution in [0.15, 0.2) is 12.4 Å². The van der Waals surface area contributed by atoms with Crippen LogP contribution in [0.3, 0.4) is 0 Å². The van der Waals surface area contributed by atoms with Gasteiger partial charge in [-0.15, -0.1) is 0 Å². The van der Waals surface area contributed by atoms with E-state index >= 15 is 0 Å². The summed E-state index contributed by atoms with van der Waals surface area (Å²) >= 11 is 0.948. The van der Waals surface area contributed by atoms with Crippen molar-refractivity contribution in [3.05, 3.63) is 12.4 Å². The Bertz CT molecular complexity index is 204. The fourth-order valence-corrected chi connectivity index (χ4v) is 1.29. The zero-order chi connectivity index (χ0) is 6.69. The van der Waals surface area contributed by atoms with Gasteiger partial charge in [0, 0.05) is 0 Å². The Balaban J connectivity index is 3.01.